The number of nitro groups is 1. The normalized spacial score (nSPS) is 10.0. The van der Waals surface area contributed by atoms with E-state index in [1.165, 1.54) is 17.8 Å². The number of nitrogens with zero attached hydrogens (tertiary/aromatic N) is 3. The van der Waals surface area contributed by atoms with Crippen molar-refractivity contribution in [2.45, 2.75) is 23.6 Å². The van der Waals surface area contributed by atoms with Gasteiger partial charge in [0.15, 0.2) is 5.52 Å². The van der Waals surface area contributed by atoms with Crippen LogP contribution in [0, 0.1) is 10.1 Å². The van der Waals surface area contributed by atoms with E-state index in [0.29, 0.717) is 5.52 Å². The Morgan fingerprint density at radius 3 is 2.38 bits per heavy atom. The molecule has 0 saturated carbocycles. The lowest BCUT2D eigenvalue weighted by Crippen LogP contribution is -1.90. The van der Waals surface area contributed by atoms with Crippen molar-refractivity contribution in [2.75, 3.05) is 0 Å². The van der Waals surface area contributed by atoms with Crippen molar-refractivity contribution < 1.29 is 9.55 Å². The number of fused-ring (bicyclic) bond motifs is 1. The summed E-state index contributed by atoms with van der Waals surface area (Å²) in [4.78, 5) is 12.2. The number of nitro benzene ring substituents is 1. The second-order valence-corrected chi connectivity index (χ2v) is 4.83. The molecule has 0 radical (unpaired) electrons. The lowest BCUT2D eigenvalue weighted by Gasteiger charge is -2.01. The summed E-state index contributed by atoms with van der Waals surface area (Å²) in [6, 6.07) is 12.7. The number of non-ortho nitro benzene ring substituents is 1. The summed E-state index contributed by atoms with van der Waals surface area (Å²) in [6.07, 6.45) is 0. The zero-order chi connectivity index (χ0) is 15.2. The molecular weight excluding hydrogens is 290 g/mol. The summed E-state index contributed by atoms with van der Waals surface area (Å²) >= 11 is 1.46. The molecular formula is C14H13N3O3S. The molecule has 0 bridgehead atoms. The van der Waals surface area contributed by atoms with Gasteiger partial charge in [0.25, 0.3) is 0 Å². The van der Waals surface area contributed by atoms with Crippen LogP contribution in [0.4, 0.5) is 5.69 Å². The molecule has 108 valence electrons. The second kappa shape index (κ2) is 6.85. The van der Waals surface area contributed by atoms with Gasteiger partial charge in [0.1, 0.15) is 0 Å². The van der Waals surface area contributed by atoms with E-state index in [4.69, 9.17) is 0 Å². The molecule has 0 aliphatic heterocycles. The van der Waals surface area contributed by atoms with Gasteiger partial charge in [-0.3, -0.25) is 10.1 Å². The molecule has 6 nitrogen and oxygen atoms in total. The molecule has 7 heteroatoms. The molecule has 0 aliphatic carbocycles. The number of hydrogen-bond donors (Lipinski definition) is 0. The first-order chi connectivity index (χ1) is 10.3. The molecule has 0 aliphatic rings. The van der Waals surface area contributed by atoms with Gasteiger partial charge in [-0.2, -0.15) is 0 Å². The fourth-order valence-electron chi connectivity index (χ4n) is 1.68. The highest BCUT2D eigenvalue weighted by Gasteiger charge is 2.19. The van der Waals surface area contributed by atoms with Crippen LogP contribution in [0.3, 0.4) is 0 Å². The van der Waals surface area contributed by atoms with Gasteiger partial charge in [-0.05, 0) is 28.5 Å². The minimum atomic E-state index is -0.497. The van der Waals surface area contributed by atoms with Crippen molar-refractivity contribution >= 4 is 28.5 Å². The Morgan fingerprint density at radius 1 is 1.05 bits per heavy atom. The summed E-state index contributed by atoms with van der Waals surface area (Å²) in [5.41, 5.74) is 0.475. The third kappa shape index (κ3) is 3.19. The van der Waals surface area contributed by atoms with Crippen molar-refractivity contribution in [2.24, 2.45) is 0 Å². The fraction of sp³-hybridized carbons (Fsp3) is 0.143. The van der Waals surface area contributed by atoms with E-state index in [0.717, 1.165) is 9.79 Å². The molecule has 21 heavy (non-hydrogen) atoms. The van der Waals surface area contributed by atoms with Crippen molar-refractivity contribution in [3.05, 3.63) is 52.6 Å². The van der Waals surface area contributed by atoms with E-state index in [1.807, 2.05) is 44.2 Å². The van der Waals surface area contributed by atoms with Crippen LogP contribution in [0.2, 0.25) is 0 Å². The van der Waals surface area contributed by atoms with Crippen molar-refractivity contribution in [3.63, 3.8) is 0 Å². The highest BCUT2D eigenvalue weighted by molar-refractivity contribution is 7.99. The summed E-state index contributed by atoms with van der Waals surface area (Å²) in [5, 5.41) is 18.2. The van der Waals surface area contributed by atoms with Crippen LogP contribution in [-0.4, -0.2) is 15.2 Å². The largest absolute Gasteiger partial charge is 0.300 e. The fourth-order valence-corrected chi connectivity index (χ4v) is 2.59. The quantitative estimate of drug-likeness (QED) is 0.529. The highest BCUT2D eigenvalue weighted by atomic mass is 32.2. The van der Waals surface area contributed by atoms with Crippen LogP contribution in [0.25, 0.3) is 11.0 Å². The number of rotatable bonds is 3. The average molecular weight is 303 g/mol. The minimum absolute atomic E-state index is 0.103. The maximum atomic E-state index is 10.9. The van der Waals surface area contributed by atoms with Crippen LogP contribution in [0.5, 0.6) is 0 Å². The van der Waals surface area contributed by atoms with E-state index < -0.39 is 4.92 Å². The Labute approximate surface area is 125 Å². The van der Waals surface area contributed by atoms with Gasteiger partial charge in [0.05, 0.1) is 4.92 Å². The predicted octanol–water partition coefficient (Wildman–Crippen LogP) is 4.31. The van der Waals surface area contributed by atoms with Crippen LogP contribution in [-0.2, 0) is 0 Å². The van der Waals surface area contributed by atoms with Gasteiger partial charge in [-0.25, -0.2) is 4.63 Å². The molecule has 0 spiro atoms. The van der Waals surface area contributed by atoms with Gasteiger partial charge in [-0.1, -0.05) is 43.8 Å². The van der Waals surface area contributed by atoms with Gasteiger partial charge < -0.3 is 0 Å². The Balaban J connectivity index is 0.000000774. The highest BCUT2D eigenvalue weighted by Crippen LogP contribution is 2.35. The molecule has 0 unspecified atom stereocenters. The number of aromatic nitrogens is 2. The van der Waals surface area contributed by atoms with Crippen LogP contribution in [0.15, 0.2) is 56.9 Å². The van der Waals surface area contributed by atoms with Crippen molar-refractivity contribution in [1.82, 2.24) is 10.3 Å². The van der Waals surface area contributed by atoms with Crippen LogP contribution >= 0.6 is 11.8 Å². The van der Waals surface area contributed by atoms with E-state index in [2.05, 4.69) is 14.9 Å². The Kier molecular flexibility index (Phi) is 4.89. The maximum Gasteiger partial charge on any atom is 0.300 e. The molecule has 0 amide bonds. The average Bonchev–Trinajstić information content (AvgIpc) is 3.00. The SMILES string of the molecule is CC.O=[N+]([O-])c1ccc(Sc2ccccc2)c2nonc12. The first kappa shape index (κ1) is 15.0. The summed E-state index contributed by atoms with van der Waals surface area (Å²) < 4.78 is 4.62. The first-order valence-electron chi connectivity index (χ1n) is 6.38. The van der Waals surface area contributed by atoms with Gasteiger partial charge in [0.2, 0.25) is 5.52 Å². The molecule has 0 fully saturated rings. The molecule has 1 heterocycles. The maximum absolute atomic E-state index is 10.9. The summed E-state index contributed by atoms with van der Waals surface area (Å²) in [6.45, 7) is 4.00. The number of hydrogen-bond acceptors (Lipinski definition) is 6. The Morgan fingerprint density at radius 2 is 1.71 bits per heavy atom. The second-order valence-electron chi connectivity index (χ2n) is 3.72. The molecule has 0 atom stereocenters. The van der Waals surface area contributed by atoms with E-state index in [9.17, 15) is 10.1 Å². The standard InChI is InChI=1S/C12H7N3O3S.C2H6/c16-15(17)9-6-7-10(12-11(9)13-18-14-12)19-8-4-2-1-3-5-8;1-2/h1-7H;1-2H3. The smallest absolute Gasteiger partial charge is 0.258 e. The van der Waals surface area contributed by atoms with Crippen molar-refractivity contribution in [1.29, 1.82) is 0 Å². The third-order valence-electron chi connectivity index (χ3n) is 2.52. The summed E-state index contributed by atoms with van der Waals surface area (Å²) in [7, 11) is 0. The van der Waals surface area contributed by atoms with Gasteiger partial charge in [0, 0.05) is 15.9 Å². The van der Waals surface area contributed by atoms with E-state index in [1.54, 1.807) is 6.07 Å². The number of benzene rings is 2. The summed E-state index contributed by atoms with van der Waals surface area (Å²) in [5.74, 6) is 0. The molecule has 2 aromatic carbocycles. The van der Waals surface area contributed by atoms with Gasteiger partial charge in [-0.15, -0.1) is 0 Å². The van der Waals surface area contributed by atoms with E-state index in [-0.39, 0.29) is 11.2 Å². The lowest BCUT2D eigenvalue weighted by atomic mass is 10.3. The lowest BCUT2D eigenvalue weighted by molar-refractivity contribution is -0.383. The molecule has 3 aromatic rings. The Bertz CT molecular complexity index is 744. The third-order valence-corrected chi connectivity index (χ3v) is 3.58. The minimum Gasteiger partial charge on any atom is -0.258 e. The first-order valence-corrected chi connectivity index (χ1v) is 7.20. The molecule has 0 saturated heterocycles. The predicted molar refractivity (Wildman–Crippen MR) is 80.4 cm³/mol. The Hall–Kier alpha value is -2.41. The molecule has 0 N–H and O–H groups in total. The monoisotopic (exact) mass is 303 g/mol. The van der Waals surface area contributed by atoms with E-state index >= 15 is 0 Å². The zero-order valence-corrected chi connectivity index (χ0v) is 12.3. The molecule has 1 aromatic heterocycles. The van der Waals surface area contributed by atoms with Crippen molar-refractivity contribution in [3.8, 4) is 0 Å². The van der Waals surface area contributed by atoms with Crippen LogP contribution in [0.1, 0.15) is 13.8 Å². The van der Waals surface area contributed by atoms with Gasteiger partial charge >= 0.3 is 5.69 Å². The molecule has 3 rings (SSSR count). The van der Waals surface area contributed by atoms with Crippen LogP contribution < -0.4 is 0 Å². The topological polar surface area (TPSA) is 82.1 Å². The zero-order valence-electron chi connectivity index (χ0n) is 11.5.